The molecule has 0 fully saturated rings. The molecule has 2 aromatic carbocycles. The summed E-state index contributed by atoms with van der Waals surface area (Å²) in [7, 11) is 2.82. The van der Waals surface area contributed by atoms with Gasteiger partial charge < -0.3 is 40.2 Å². The molecular weight excluding hydrogens is 536 g/mol. The van der Waals surface area contributed by atoms with Gasteiger partial charge in [-0.05, 0) is 19.9 Å². The highest BCUT2D eigenvalue weighted by Gasteiger charge is 2.49. The van der Waals surface area contributed by atoms with E-state index in [2.05, 4.69) is 10.6 Å². The van der Waals surface area contributed by atoms with Crippen molar-refractivity contribution in [3.05, 3.63) is 51.6 Å². The van der Waals surface area contributed by atoms with E-state index in [0.29, 0.717) is 0 Å². The first-order valence-electron chi connectivity index (χ1n) is 13.2. The molecule has 0 aliphatic heterocycles. The number of aliphatic hydroxyl groups is 1. The van der Waals surface area contributed by atoms with Crippen molar-refractivity contribution in [2.45, 2.75) is 50.9 Å². The number of phenolic OH excluding ortho intramolecular Hbond substituents is 2. The van der Waals surface area contributed by atoms with Crippen LogP contribution in [0, 0.1) is 0 Å². The number of phenols is 2. The van der Waals surface area contributed by atoms with Crippen LogP contribution in [0.1, 0.15) is 75.8 Å². The summed E-state index contributed by atoms with van der Waals surface area (Å²) in [6, 6.07) is 4.46. The molecule has 12 heteroatoms. The second-order valence-electron chi connectivity index (χ2n) is 10.3. The largest absolute Gasteiger partial charge is 0.507 e. The lowest BCUT2D eigenvalue weighted by Gasteiger charge is -2.39. The monoisotopic (exact) mass is 570 g/mol. The number of aromatic hydroxyl groups is 2. The number of rotatable bonds is 10. The van der Waals surface area contributed by atoms with Gasteiger partial charge in [-0.25, -0.2) is 0 Å². The Morgan fingerprint density at radius 3 is 2.37 bits per heavy atom. The summed E-state index contributed by atoms with van der Waals surface area (Å²) in [4.78, 5) is 52.1. The van der Waals surface area contributed by atoms with E-state index in [1.165, 1.54) is 32.4 Å². The fourth-order valence-electron chi connectivity index (χ4n) is 5.36. The lowest BCUT2D eigenvalue weighted by atomic mass is 9.72. The molecule has 0 radical (unpaired) electrons. The molecule has 0 saturated heterocycles. The highest BCUT2D eigenvalue weighted by molar-refractivity contribution is 6.31. The summed E-state index contributed by atoms with van der Waals surface area (Å²) < 4.78 is 16.1. The SMILES string of the molecule is COCCC(=O)NCCNC(=O)[C@]1(O)Cc2c(O)c3c(c(O)c2[C@@H](OC(C)C)C1)C(=O)c1c(OC)cccc1C3=O. The van der Waals surface area contributed by atoms with Crippen molar-refractivity contribution < 1.29 is 48.7 Å². The third kappa shape index (κ3) is 5.50. The third-order valence-corrected chi connectivity index (χ3v) is 7.20. The zero-order chi connectivity index (χ0) is 30.1. The van der Waals surface area contributed by atoms with Crippen LogP contribution in [-0.4, -0.2) is 84.3 Å². The van der Waals surface area contributed by atoms with Crippen LogP contribution >= 0.6 is 0 Å². The number of hydrogen-bond donors (Lipinski definition) is 5. The lowest BCUT2D eigenvalue weighted by molar-refractivity contribution is -0.147. The highest BCUT2D eigenvalue weighted by atomic mass is 16.5. The molecule has 4 rings (SSSR count). The summed E-state index contributed by atoms with van der Waals surface area (Å²) in [6.45, 7) is 3.79. The van der Waals surface area contributed by atoms with Gasteiger partial charge in [-0.15, -0.1) is 0 Å². The molecule has 220 valence electrons. The van der Waals surface area contributed by atoms with Crippen LogP contribution in [0.15, 0.2) is 18.2 Å². The second kappa shape index (κ2) is 11.9. The van der Waals surface area contributed by atoms with E-state index in [4.69, 9.17) is 14.2 Å². The quantitative estimate of drug-likeness (QED) is 0.176. The molecule has 0 bridgehead atoms. The number of ether oxygens (including phenoxy) is 3. The fourth-order valence-corrected chi connectivity index (χ4v) is 5.36. The van der Waals surface area contributed by atoms with Crippen molar-refractivity contribution in [1.82, 2.24) is 10.6 Å². The van der Waals surface area contributed by atoms with Gasteiger partial charge in [0, 0.05) is 56.2 Å². The molecule has 0 aromatic heterocycles. The number of methoxy groups -OCH3 is 2. The van der Waals surface area contributed by atoms with E-state index in [0.717, 1.165) is 0 Å². The van der Waals surface area contributed by atoms with Crippen molar-refractivity contribution in [1.29, 1.82) is 0 Å². The Bertz CT molecular complexity index is 1400. The van der Waals surface area contributed by atoms with Crippen LogP contribution in [0.4, 0.5) is 0 Å². The Morgan fingerprint density at radius 2 is 1.71 bits per heavy atom. The van der Waals surface area contributed by atoms with Crippen molar-refractivity contribution >= 4 is 23.4 Å². The molecule has 2 aromatic rings. The molecule has 5 N–H and O–H groups in total. The minimum absolute atomic E-state index is 0.00938. The Kier molecular flexibility index (Phi) is 8.66. The number of carbonyl (C=O) groups is 4. The number of fused-ring (bicyclic) bond motifs is 3. The summed E-state index contributed by atoms with van der Waals surface area (Å²) in [5.41, 5.74) is -3.01. The number of carbonyl (C=O) groups excluding carboxylic acids is 4. The average molecular weight is 571 g/mol. The minimum Gasteiger partial charge on any atom is -0.507 e. The molecule has 41 heavy (non-hydrogen) atoms. The van der Waals surface area contributed by atoms with Gasteiger partial charge in [0.1, 0.15) is 22.8 Å². The molecular formula is C29H34N2O10. The molecule has 2 amide bonds. The Labute approximate surface area is 236 Å². The first-order valence-corrected chi connectivity index (χ1v) is 13.2. The molecule has 0 saturated carbocycles. The molecule has 0 heterocycles. The van der Waals surface area contributed by atoms with Gasteiger partial charge in [0.05, 0.1) is 42.6 Å². The van der Waals surface area contributed by atoms with E-state index in [-0.39, 0.29) is 72.0 Å². The van der Waals surface area contributed by atoms with Gasteiger partial charge in [-0.3, -0.25) is 19.2 Å². The summed E-state index contributed by atoms with van der Waals surface area (Å²) in [5, 5.41) is 39.5. The molecule has 2 atom stereocenters. The molecule has 2 aliphatic carbocycles. The molecule has 2 aliphatic rings. The molecule has 0 spiro atoms. The van der Waals surface area contributed by atoms with Gasteiger partial charge in [0.15, 0.2) is 5.78 Å². The third-order valence-electron chi connectivity index (χ3n) is 7.20. The first-order chi connectivity index (χ1) is 19.4. The van der Waals surface area contributed by atoms with Crippen LogP contribution in [0.2, 0.25) is 0 Å². The van der Waals surface area contributed by atoms with Crippen LogP contribution in [0.3, 0.4) is 0 Å². The maximum Gasteiger partial charge on any atom is 0.252 e. The minimum atomic E-state index is -2.10. The zero-order valence-corrected chi connectivity index (χ0v) is 23.3. The van der Waals surface area contributed by atoms with Gasteiger partial charge in [-0.2, -0.15) is 0 Å². The first kappa shape index (κ1) is 30.0. The maximum absolute atomic E-state index is 13.6. The van der Waals surface area contributed by atoms with Crippen LogP contribution in [-0.2, 0) is 25.5 Å². The predicted octanol–water partition coefficient (Wildman–Crippen LogP) is 1.29. The number of hydrogen-bond acceptors (Lipinski definition) is 10. The zero-order valence-electron chi connectivity index (χ0n) is 23.3. The summed E-state index contributed by atoms with van der Waals surface area (Å²) >= 11 is 0. The van der Waals surface area contributed by atoms with Crippen molar-refractivity contribution in [3.8, 4) is 17.2 Å². The highest BCUT2D eigenvalue weighted by Crippen LogP contribution is 2.52. The fraction of sp³-hybridized carbons (Fsp3) is 0.448. The van der Waals surface area contributed by atoms with Gasteiger partial charge in [-0.1, -0.05) is 12.1 Å². The molecule has 12 nitrogen and oxygen atoms in total. The number of benzene rings is 2. The predicted molar refractivity (Wildman–Crippen MR) is 144 cm³/mol. The Morgan fingerprint density at radius 1 is 1.02 bits per heavy atom. The van der Waals surface area contributed by atoms with E-state index in [1.807, 2.05) is 0 Å². The number of ketones is 2. The van der Waals surface area contributed by atoms with Crippen molar-refractivity contribution in [2.24, 2.45) is 0 Å². The Hall–Kier alpha value is -4.00. The Balaban J connectivity index is 1.71. The topological polar surface area (TPSA) is 181 Å². The standard InChI is InChI=1S/C29H34N2O10/c1-14(2)41-18-13-29(38,28(37)31-10-9-30-19(32)8-11-39-3)12-16-21(18)27(36)23-22(25(16)34)24(33)15-6-5-7-17(40-4)20(15)26(23)35/h5-7,14,18,34,36,38H,8-13H2,1-4H3,(H,30,32)(H,31,37)/t18-,29-/m0/s1. The molecule has 0 unspecified atom stereocenters. The van der Waals surface area contributed by atoms with Crippen LogP contribution < -0.4 is 15.4 Å². The van der Waals surface area contributed by atoms with Gasteiger partial charge in [0.2, 0.25) is 11.7 Å². The second-order valence-corrected chi connectivity index (χ2v) is 10.3. The average Bonchev–Trinajstić information content (AvgIpc) is 2.93. The maximum atomic E-state index is 13.6. The van der Waals surface area contributed by atoms with E-state index in [1.54, 1.807) is 13.8 Å². The normalized spacial score (nSPS) is 19.3. The van der Waals surface area contributed by atoms with E-state index >= 15 is 0 Å². The van der Waals surface area contributed by atoms with E-state index in [9.17, 15) is 34.5 Å². The van der Waals surface area contributed by atoms with Gasteiger partial charge >= 0.3 is 0 Å². The van der Waals surface area contributed by atoms with E-state index < -0.39 is 58.8 Å². The summed E-state index contributed by atoms with van der Waals surface area (Å²) in [5.74, 6) is -3.52. The van der Waals surface area contributed by atoms with Crippen LogP contribution in [0.25, 0.3) is 0 Å². The number of amides is 2. The van der Waals surface area contributed by atoms with Gasteiger partial charge in [0.25, 0.3) is 5.91 Å². The van der Waals surface area contributed by atoms with Crippen molar-refractivity contribution in [3.63, 3.8) is 0 Å². The lowest BCUT2D eigenvalue weighted by Crippen LogP contribution is -2.53. The van der Waals surface area contributed by atoms with Crippen LogP contribution in [0.5, 0.6) is 17.2 Å². The number of nitrogens with one attached hydrogen (secondary N) is 2. The smallest absolute Gasteiger partial charge is 0.252 e. The summed E-state index contributed by atoms with van der Waals surface area (Å²) in [6.07, 6.45) is -2.16. The van der Waals surface area contributed by atoms with Crippen molar-refractivity contribution in [2.75, 3.05) is 33.9 Å².